The van der Waals surface area contributed by atoms with E-state index < -0.39 is 5.41 Å². The van der Waals surface area contributed by atoms with Gasteiger partial charge in [-0.05, 0) is 86.0 Å². The van der Waals surface area contributed by atoms with Crippen molar-refractivity contribution in [2.24, 2.45) is 0 Å². The van der Waals surface area contributed by atoms with Crippen LogP contribution in [-0.4, -0.2) is 15.0 Å². The Kier molecular flexibility index (Phi) is 8.36. The Morgan fingerprint density at radius 2 is 0.839 bits per heavy atom. The first-order chi connectivity index (χ1) is 30.7. The van der Waals surface area contributed by atoms with Gasteiger partial charge in [0.2, 0.25) is 0 Å². The molecule has 12 rings (SSSR count). The molecule has 4 heteroatoms. The van der Waals surface area contributed by atoms with Crippen molar-refractivity contribution in [1.29, 1.82) is 0 Å². The van der Waals surface area contributed by atoms with Crippen molar-refractivity contribution in [3.05, 3.63) is 247 Å². The van der Waals surface area contributed by atoms with Gasteiger partial charge in [-0.15, -0.1) is 0 Å². The molecule has 0 radical (unpaired) electrons. The van der Waals surface area contributed by atoms with Gasteiger partial charge in [-0.3, -0.25) is 0 Å². The van der Waals surface area contributed by atoms with Crippen LogP contribution < -0.4 is 0 Å². The van der Waals surface area contributed by atoms with Crippen molar-refractivity contribution in [2.75, 3.05) is 0 Å². The lowest BCUT2D eigenvalue weighted by Crippen LogP contribution is -2.28. The van der Waals surface area contributed by atoms with Gasteiger partial charge in [-0.25, -0.2) is 15.0 Å². The second-order valence-corrected chi connectivity index (χ2v) is 15.9. The van der Waals surface area contributed by atoms with Gasteiger partial charge in [0.1, 0.15) is 11.2 Å². The summed E-state index contributed by atoms with van der Waals surface area (Å²) in [7, 11) is 0. The molecule has 2 aromatic heterocycles. The second kappa shape index (κ2) is 14.5. The summed E-state index contributed by atoms with van der Waals surface area (Å²) in [5.74, 6) is 1.71. The molecule has 0 bridgehead atoms. The highest BCUT2D eigenvalue weighted by Crippen LogP contribution is 2.56. The predicted molar refractivity (Wildman–Crippen MR) is 252 cm³/mol. The van der Waals surface area contributed by atoms with Gasteiger partial charge in [0.05, 0.1) is 11.0 Å². The first kappa shape index (κ1) is 35.7. The summed E-state index contributed by atoms with van der Waals surface area (Å²) in [5, 5.41) is 2.07. The Bertz CT molecular complexity index is 3410. The molecule has 0 N–H and O–H groups in total. The molecule has 0 saturated heterocycles. The van der Waals surface area contributed by atoms with Crippen LogP contribution in [0.4, 0.5) is 0 Å². The fourth-order valence-electron chi connectivity index (χ4n) is 9.66. The van der Waals surface area contributed by atoms with Crippen LogP contribution in [0, 0.1) is 0 Å². The van der Waals surface area contributed by atoms with Crippen LogP contribution in [0.3, 0.4) is 0 Å². The molecule has 9 aromatic carbocycles. The maximum absolute atomic E-state index is 6.61. The van der Waals surface area contributed by atoms with Gasteiger partial charge in [-0.1, -0.05) is 194 Å². The predicted octanol–water partition coefficient (Wildman–Crippen LogP) is 14.5. The van der Waals surface area contributed by atoms with E-state index in [2.05, 4.69) is 200 Å². The van der Waals surface area contributed by atoms with Crippen LogP contribution in [0.5, 0.6) is 0 Å². The molecule has 0 atom stereocenters. The number of aromatic nitrogens is 3. The van der Waals surface area contributed by atoms with E-state index in [4.69, 9.17) is 19.4 Å². The van der Waals surface area contributed by atoms with E-state index in [-0.39, 0.29) is 0 Å². The summed E-state index contributed by atoms with van der Waals surface area (Å²) in [5.41, 5.74) is 15.3. The number of fused-ring (bicyclic) bond motifs is 6. The third-order valence-electron chi connectivity index (χ3n) is 12.4. The minimum atomic E-state index is -0.573. The molecule has 0 spiro atoms. The highest BCUT2D eigenvalue weighted by Gasteiger charge is 2.46. The Morgan fingerprint density at radius 3 is 1.58 bits per heavy atom. The Labute approximate surface area is 359 Å². The normalized spacial score (nSPS) is 12.6. The van der Waals surface area contributed by atoms with Crippen LogP contribution in [0.2, 0.25) is 0 Å². The van der Waals surface area contributed by atoms with Crippen molar-refractivity contribution in [2.45, 2.75) is 5.41 Å². The molecule has 0 aliphatic heterocycles. The van der Waals surface area contributed by atoms with Crippen LogP contribution >= 0.6 is 0 Å². The SMILES string of the molecule is c1ccc(-c2ccc(-c3nc(-c4ccc5c(c4)C(c4ccccc4)(c4ccccc4)c4ccccc4-5)nc(-c4cccc5c4oc4ccccc45)n3)c(-c3ccccc3)c2)cc1. The molecule has 0 fully saturated rings. The van der Waals surface area contributed by atoms with E-state index in [1.165, 1.54) is 33.4 Å². The monoisotopic (exact) mass is 791 g/mol. The van der Waals surface area contributed by atoms with Crippen molar-refractivity contribution in [1.82, 2.24) is 15.0 Å². The van der Waals surface area contributed by atoms with Gasteiger partial charge in [-0.2, -0.15) is 0 Å². The van der Waals surface area contributed by atoms with Gasteiger partial charge >= 0.3 is 0 Å². The maximum atomic E-state index is 6.61. The van der Waals surface area contributed by atoms with Crippen LogP contribution in [0.1, 0.15) is 22.3 Å². The van der Waals surface area contributed by atoms with E-state index in [0.29, 0.717) is 17.5 Å². The lowest BCUT2D eigenvalue weighted by atomic mass is 9.67. The summed E-state index contributed by atoms with van der Waals surface area (Å²) in [4.78, 5) is 16.2. The summed E-state index contributed by atoms with van der Waals surface area (Å²) >= 11 is 0. The fourth-order valence-corrected chi connectivity index (χ4v) is 9.66. The van der Waals surface area contributed by atoms with Gasteiger partial charge in [0.15, 0.2) is 17.5 Å². The minimum Gasteiger partial charge on any atom is -0.455 e. The van der Waals surface area contributed by atoms with Crippen LogP contribution in [-0.2, 0) is 5.41 Å². The van der Waals surface area contributed by atoms with E-state index >= 15 is 0 Å². The number of benzene rings is 9. The third-order valence-corrected chi connectivity index (χ3v) is 12.4. The van der Waals surface area contributed by atoms with E-state index in [1.807, 2.05) is 24.3 Å². The molecule has 1 aliphatic carbocycles. The Morgan fingerprint density at radius 1 is 0.306 bits per heavy atom. The molecule has 62 heavy (non-hydrogen) atoms. The molecule has 4 nitrogen and oxygen atoms in total. The Hall–Kier alpha value is -8.21. The topological polar surface area (TPSA) is 51.8 Å². The lowest BCUT2D eigenvalue weighted by molar-refractivity contribution is 0.669. The zero-order valence-electron chi connectivity index (χ0n) is 33.6. The average molecular weight is 792 g/mol. The van der Waals surface area contributed by atoms with Crippen molar-refractivity contribution >= 4 is 21.9 Å². The average Bonchev–Trinajstić information content (AvgIpc) is 3.89. The van der Waals surface area contributed by atoms with Gasteiger partial charge < -0.3 is 4.42 Å². The van der Waals surface area contributed by atoms with Crippen molar-refractivity contribution in [3.8, 4) is 67.5 Å². The third kappa shape index (κ3) is 5.65. The van der Waals surface area contributed by atoms with Crippen LogP contribution in [0.25, 0.3) is 89.5 Å². The first-order valence-electron chi connectivity index (χ1n) is 21.0. The molecule has 0 unspecified atom stereocenters. The molecule has 11 aromatic rings. The largest absolute Gasteiger partial charge is 0.455 e. The quantitative estimate of drug-likeness (QED) is 0.161. The Balaban J connectivity index is 1.13. The zero-order valence-corrected chi connectivity index (χ0v) is 33.6. The maximum Gasteiger partial charge on any atom is 0.167 e. The summed E-state index contributed by atoms with van der Waals surface area (Å²) in [6, 6.07) is 79.3. The molecule has 0 saturated carbocycles. The smallest absolute Gasteiger partial charge is 0.167 e. The first-order valence-corrected chi connectivity index (χ1v) is 21.0. The van der Waals surface area contributed by atoms with E-state index in [0.717, 1.165) is 60.9 Å². The molecule has 290 valence electrons. The zero-order chi connectivity index (χ0) is 41.0. The highest BCUT2D eigenvalue weighted by molar-refractivity contribution is 6.09. The number of hydrogen-bond acceptors (Lipinski definition) is 4. The second-order valence-electron chi connectivity index (χ2n) is 15.9. The molecule has 0 amide bonds. The lowest BCUT2D eigenvalue weighted by Gasteiger charge is -2.34. The summed E-state index contributed by atoms with van der Waals surface area (Å²) < 4.78 is 6.61. The summed E-state index contributed by atoms with van der Waals surface area (Å²) in [6.07, 6.45) is 0. The fraction of sp³-hybridized carbons (Fsp3) is 0.0172. The van der Waals surface area contributed by atoms with E-state index in [9.17, 15) is 0 Å². The number of para-hydroxylation sites is 2. The number of nitrogens with zero attached hydrogens (tertiary/aromatic N) is 3. The summed E-state index contributed by atoms with van der Waals surface area (Å²) in [6.45, 7) is 0. The van der Waals surface area contributed by atoms with Gasteiger partial charge in [0.25, 0.3) is 0 Å². The minimum absolute atomic E-state index is 0.543. The van der Waals surface area contributed by atoms with E-state index in [1.54, 1.807) is 0 Å². The van der Waals surface area contributed by atoms with Crippen molar-refractivity contribution < 1.29 is 4.42 Å². The number of furan rings is 1. The molecular formula is C58H37N3O. The molecule has 2 heterocycles. The number of hydrogen-bond donors (Lipinski definition) is 0. The van der Waals surface area contributed by atoms with Crippen LogP contribution in [0.15, 0.2) is 229 Å². The molecule has 1 aliphatic rings. The van der Waals surface area contributed by atoms with Crippen molar-refractivity contribution in [3.63, 3.8) is 0 Å². The standard InChI is InChI=1S/C58H37N3O/c1-5-18-38(19-6-1)40-32-35-48(50(36-40)39-20-7-2-8-21-39)56-59-55(60-57(61-56)49-29-17-28-47-46-27-14-16-31-53(46)62-54(47)49)41-33-34-45-44-26-13-15-30-51(44)58(52(45)37-41,42-22-9-3-10-23-42)43-24-11-4-12-25-43/h1-37H. The number of rotatable bonds is 7. The molecular weight excluding hydrogens is 755 g/mol. The van der Waals surface area contributed by atoms with Gasteiger partial charge in [0, 0.05) is 21.9 Å². The highest BCUT2D eigenvalue weighted by atomic mass is 16.3.